The van der Waals surface area contributed by atoms with Crippen LogP contribution in [-0.2, 0) is 10.0 Å². The van der Waals surface area contributed by atoms with Crippen molar-refractivity contribution in [3.63, 3.8) is 0 Å². The number of para-hydroxylation sites is 1. The first-order valence-electron chi connectivity index (χ1n) is 8.49. The van der Waals surface area contributed by atoms with E-state index < -0.39 is 10.0 Å². The number of thiazole rings is 1. The second-order valence-electron chi connectivity index (χ2n) is 6.24. The SMILES string of the molecule is Cc1ccc2sc(SCCCCS(=O)(=O)Nc3ccccc3C)nc2c1. The van der Waals surface area contributed by atoms with Gasteiger partial charge in [0.15, 0.2) is 4.34 Å². The fourth-order valence-electron chi connectivity index (χ4n) is 2.54. The summed E-state index contributed by atoms with van der Waals surface area (Å²) in [5.74, 6) is 1.01. The molecule has 0 aliphatic heterocycles. The first kappa shape index (κ1) is 19.2. The zero-order valence-corrected chi connectivity index (χ0v) is 17.3. The lowest BCUT2D eigenvalue weighted by molar-refractivity contribution is 0.598. The third-order valence-corrected chi connectivity index (χ3v) is 7.59. The van der Waals surface area contributed by atoms with E-state index in [1.807, 2.05) is 25.1 Å². The van der Waals surface area contributed by atoms with Gasteiger partial charge in [-0.2, -0.15) is 0 Å². The van der Waals surface area contributed by atoms with Gasteiger partial charge < -0.3 is 0 Å². The monoisotopic (exact) mass is 406 g/mol. The van der Waals surface area contributed by atoms with Crippen molar-refractivity contribution in [2.75, 3.05) is 16.2 Å². The molecule has 4 nitrogen and oxygen atoms in total. The Morgan fingerprint density at radius 1 is 1.12 bits per heavy atom. The van der Waals surface area contributed by atoms with Crippen molar-refractivity contribution in [2.45, 2.75) is 31.0 Å². The lowest BCUT2D eigenvalue weighted by atomic mass is 10.2. The third kappa shape index (κ3) is 5.22. The topological polar surface area (TPSA) is 59.1 Å². The van der Waals surface area contributed by atoms with Crippen LogP contribution in [0, 0.1) is 13.8 Å². The van der Waals surface area contributed by atoms with E-state index in [4.69, 9.17) is 0 Å². The fraction of sp³-hybridized carbons (Fsp3) is 0.316. The van der Waals surface area contributed by atoms with Crippen LogP contribution in [-0.4, -0.2) is 24.9 Å². The molecule has 138 valence electrons. The van der Waals surface area contributed by atoms with Gasteiger partial charge in [-0.3, -0.25) is 4.72 Å². The average Bonchev–Trinajstić information content (AvgIpc) is 2.98. The molecule has 0 bridgehead atoms. The van der Waals surface area contributed by atoms with Crippen LogP contribution in [0.2, 0.25) is 0 Å². The van der Waals surface area contributed by atoms with Gasteiger partial charge in [-0.05, 0) is 56.0 Å². The third-order valence-electron chi connectivity index (χ3n) is 3.97. The molecule has 0 unspecified atom stereocenters. The van der Waals surface area contributed by atoms with Crippen LogP contribution in [0.1, 0.15) is 24.0 Å². The molecular weight excluding hydrogens is 384 g/mol. The number of fused-ring (bicyclic) bond motifs is 1. The number of thioether (sulfide) groups is 1. The van der Waals surface area contributed by atoms with Crippen LogP contribution in [0.4, 0.5) is 5.69 Å². The molecule has 0 spiro atoms. The number of hydrogen-bond acceptors (Lipinski definition) is 5. The minimum atomic E-state index is -3.30. The van der Waals surface area contributed by atoms with Crippen molar-refractivity contribution in [1.29, 1.82) is 0 Å². The number of hydrogen-bond donors (Lipinski definition) is 1. The van der Waals surface area contributed by atoms with Crippen molar-refractivity contribution in [1.82, 2.24) is 4.98 Å². The molecule has 1 N–H and O–H groups in total. The summed E-state index contributed by atoms with van der Waals surface area (Å²) in [5.41, 5.74) is 3.84. The van der Waals surface area contributed by atoms with E-state index in [1.54, 1.807) is 29.2 Å². The van der Waals surface area contributed by atoms with E-state index in [1.165, 1.54) is 10.3 Å². The summed E-state index contributed by atoms with van der Waals surface area (Å²) in [6, 6.07) is 13.7. The standard InChI is InChI=1S/C19H22N2O2S3/c1-14-9-10-18-17(13-14)20-19(25-18)24-11-5-6-12-26(22,23)21-16-8-4-3-7-15(16)2/h3-4,7-10,13,21H,5-6,11-12H2,1-2H3. The molecular formula is C19H22N2O2S3. The van der Waals surface area contributed by atoms with Gasteiger partial charge in [-0.1, -0.05) is 36.0 Å². The summed E-state index contributed by atoms with van der Waals surface area (Å²) in [4.78, 5) is 4.64. The first-order valence-corrected chi connectivity index (χ1v) is 11.9. The Labute approximate surface area is 163 Å². The van der Waals surface area contributed by atoms with E-state index in [0.29, 0.717) is 12.1 Å². The Kier molecular flexibility index (Phi) is 6.21. The summed E-state index contributed by atoms with van der Waals surface area (Å²) in [5, 5.41) is 0. The Morgan fingerprint density at radius 2 is 1.92 bits per heavy atom. The number of nitrogens with one attached hydrogen (secondary N) is 1. The van der Waals surface area contributed by atoms with Crippen LogP contribution >= 0.6 is 23.1 Å². The molecule has 0 amide bonds. The Hall–Kier alpha value is -1.57. The highest BCUT2D eigenvalue weighted by molar-refractivity contribution is 8.01. The van der Waals surface area contributed by atoms with E-state index in [-0.39, 0.29) is 5.75 Å². The van der Waals surface area contributed by atoms with Crippen molar-refractivity contribution in [3.05, 3.63) is 53.6 Å². The van der Waals surface area contributed by atoms with Crippen molar-refractivity contribution in [2.24, 2.45) is 0 Å². The highest BCUT2D eigenvalue weighted by atomic mass is 32.2. The zero-order valence-electron chi connectivity index (χ0n) is 14.9. The largest absolute Gasteiger partial charge is 0.283 e. The fourth-order valence-corrected chi connectivity index (χ4v) is 5.91. The van der Waals surface area contributed by atoms with Crippen molar-refractivity contribution >= 4 is 49.0 Å². The number of aryl methyl sites for hydroxylation is 2. The highest BCUT2D eigenvalue weighted by Gasteiger charge is 2.11. The minimum absolute atomic E-state index is 0.140. The first-order chi connectivity index (χ1) is 12.4. The maximum absolute atomic E-state index is 12.2. The summed E-state index contributed by atoms with van der Waals surface area (Å²) >= 11 is 3.40. The number of sulfonamides is 1. The summed E-state index contributed by atoms with van der Waals surface area (Å²) in [6.07, 6.45) is 1.48. The molecule has 26 heavy (non-hydrogen) atoms. The predicted molar refractivity (Wildman–Crippen MR) is 113 cm³/mol. The van der Waals surface area contributed by atoms with Crippen LogP contribution in [0.5, 0.6) is 0 Å². The van der Waals surface area contributed by atoms with Gasteiger partial charge in [0.2, 0.25) is 10.0 Å². The maximum atomic E-state index is 12.2. The molecule has 0 atom stereocenters. The lowest BCUT2D eigenvalue weighted by Crippen LogP contribution is -2.17. The van der Waals surface area contributed by atoms with Gasteiger partial charge >= 0.3 is 0 Å². The second-order valence-corrected chi connectivity index (χ2v) is 10.5. The highest BCUT2D eigenvalue weighted by Crippen LogP contribution is 2.30. The molecule has 0 saturated heterocycles. The zero-order chi connectivity index (χ0) is 18.6. The molecule has 2 aromatic carbocycles. The van der Waals surface area contributed by atoms with Crippen molar-refractivity contribution < 1.29 is 8.42 Å². The van der Waals surface area contributed by atoms with Gasteiger partial charge in [0.05, 0.1) is 21.7 Å². The molecule has 3 rings (SSSR count). The molecule has 0 aliphatic rings. The quantitative estimate of drug-likeness (QED) is 0.411. The van der Waals surface area contributed by atoms with Gasteiger partial charge in [0.1, 0.15) is 0 Å². The molecule has 7 heteroatoms. The number of nitrogens with zero attached hydrogens (tertiary/aromatic N) is 1. The molecule has 0 aliphatic carbocycles. The molecule has 3 aromatic rings. The van der Waals surface area contributed by atoms with Gasteiger partial charge in [-0.15, -0.1) is 11.3 Å². The number of aromatic nitrogens is 1. The van der Waals surface area contributed by atoms with Gasteiger partial charge in [0, 0.05) is 5.75 Å². The van der Waals surface area contributed by atoms with E-state index >= 15 is 0 Å². The number of rotatable bonds is 8. The molecule has 1 heterocycles. The smallest absolute Gasteiger partial charge is 0.232 e. The van der Waals surface area contributed by atoms with E-state index in [0.717, 1.165) is 27.6 Å². The van der Waals surface area contributed by atoms with E-state index in [2.05, 4.69) is 34.8 Å². The lowest BCUT2D eigenvalue weighted by Gasteiger charge is -2.10. The predicted octanol–water partition coefficient (Wildman–Crippen LogP) is 5.23. The van der Waals surface area contributed by atoms with Crippen LogP contribution in [0.15, 0.2) is 46.8 Å². The summed E-state index contributed by atoms with van der Waals surface area (Å²) in [7, 11) is -3.30. The Balaban J connectivity index is 1.45. The summed E-state index contributed by atoms with van der Waals surface area (Å²) in [6.45, 7) is 3.96. The van der Waals surface area contributed by atoms with Crippen molar-refractivity contribution in [3.8, 4) is 0 Å². The maximum Gasteiger partial charge on any atom is 0.232 e. The van der Waals surface area contributed by atoms with Gasteiger partial charge in [-0.25, -0.2) is 13.4 Å². The number of anilines is 1. The second kappa shape index (κ2) is 8.41. The average molecular weight is 407 g/mol. The Bertz CT molecular complexity index is 997. The minimum Gasteiger partial charge on any atom is -0.283 e. The van der Waals surface area contributed by atoms with Gasteiger partial charge in [0.25, 0.3) is 0 Å². The van der Waals surface area contributed by atoms with E-state index in [9.17, 15) is 8.42 Å². The molecule has 0 saturated carbocycles. The molecule has 0 radical (unpaired) electrons. The molecule has 1 aromatic heterocycles. The Morgan fingerprint density at radius 3 is 2.73 bits per heavy atom. The van der Waals surface area contributed by atoms with Crippen LogP contribution < -0.4 is 4.72 Å². The van der Waals surface area contributed by atoms with Crippen LogP contribution in [0.3, 0.4) is 0 Å². The number of benzene rings is 2. The summed E-state index contributed by atoms with van der Waals surface area (Å²) < 4.78 is 29.3. The van der Waals surface area contributed by atoms with Crippen LogP contribution in [0.25, 0.3) is 10.2 Å². The molecule has 0 fully saturated rings. The normalized spacial score (nSPS) is 11.8. The number of unbranched alkanes of at least 4 members (excludes halogenated alkanes) is 1.